The zero-order chi connectivity index (χ0) is 16.9. The zero-order valence-corrected chi connectivity index (χ0v) is 14.5. The molecule has 0 spiro atoms. The SMILES string of the molecule is COC=C1CCN(C(=O)OC(C)(C)C)C(Cc2ccccc2)C1. The number of nitrogens with zero attached hydrogens (tertiary/aromatic N) is 1. The van der Waals surface area contributed by atoms with Gasteiger partial charge < -0.3 is 14.4 Å². The minimum Gasteiger partial charge on any atom is -0.504 e. The molecule has 4 heteroatoms. The van der Waals surface area contributed by atoms with Gasteiger partial charge in [-0.2, -0.15) is 0 Å². The normalized spacial score (nSPS) is 20.4. The highest BCUT2D eigenvalue weighted by Gasteiger charge is 2.32. The molecule has 1 aromatic carbocycles. The Labute approximate surface area is 139 Å². The number of hydrogen-bond acceptors (Lipinski definition) is 3. The number of hydrogen-bond donors (Lipinski definition) is 0. The van der Waals surface area contributed by atoms with E-state index in [9.17, 15) is 4.79 Å². The summed E-state index contributed by atoms with van der Waals surface area (Å²) in [6.07, 6.45) is 4.06. The predicted octanol–water partition coefficient (Wildman–Crippen LogP) is 4.16. The first-order valence-corrected chi connectivity index (χ1v) is 8.13. The molecule has 0 saturated carbocycles. The predicted molar refractivity (Wildman–Crippen MR) is 91.2 cm³/mol. The summed E-state index contributed by atoms with van der Waals surface area (Å²) in [4.78, 5) is 14.4. The lowest BCUT2D eigenvalue weighted by Crippen LogP contribution is -2.47. The lowest BCUT2D eigenvalue weighted by molar-refractivity contribution is 0.0131. The van der Waals surface area contributed by atoms with Crippen LogP contribution in [0, 0.1) is 0 Å². The van der Waals surface area contributed by atoms with E-state index in [1.807, 2.05) is 50.1 Å². The Kier molecular flexibility index (Phi) is 5.69. The van der Waals surface area contributed by atoms with Crippen molar-refractivity contribution < 1.29 is 14.3 Å². The van der Waals surface area contributed by atoms with Gasteiger partial charge in [-0.15, -0.1) is 0 Å². The topological polar surface area (TPSA) is 38.8 Å². The fourth-order valence-electron chi connectivity index (χ4n) is 2.86. The van der Waals surface area contributed by atoms with Crippen molar-refractivity contribution in [1.29, 1.82) is 0 Å². The van der Waals surface area contributed by atoms with Gasteiger partial charge in [-0.05, 0) is 51.2 Å². The molecule has 0 aromatic heterocycles. The van der Waals surface area contributed by atoms with Crippen LogP contribution in [0.3, 0.4) is 0 Å². The van der Waals surface area contributed by atoms with Crippen LogP contribution >= 0.6 is 0 Å². The third-order valence-corrected chi connectivity index (χ3v) is 3.84. The first kappa shape index (κ1) is 17.4. The minimum atomic E-state index is -0.475. The van der Waals surface area contributed by atoms with Gasteiger partial charge in [0.2, 0.25) is 0 Å². The summed E-state index contributed by atoms with van der Waals surface area (Å²) < 4.78 is 10.7. The van der Waals surface area contributed by atoms with Crippen molar-refractivity contribution in [3.63, 3.8) is 0 Å². The Morgan fingerprint density at radius 2 is 2.00 bits per heavy atom. The van der Waals surface area contributed by atoms with Crippen molar-refractivity contribution in [1.82, 2.24) is 4.90 Å². The molecule has 1 fully saturated rings. The highest BCUT2D eigenvalue weighted by atomic mass is 16.6. The van der Waals surface area contributed by atoms with Crippen LogP contribution in [0.4, 0.5) is 4.79 Å². The minimum absolute atomic E-state index is 0.0994. The number of amides is 1. The molecule has 1 aliphatic rings. The number of rotatable bonds is 3. The molecule has 1 amide bonds. The fraction of sp³-hybridized carbons (Fsp3) is 0.526. The molecule has 2 rings (SSSR count). The number of carbonyl (C=O) groups is 1. The molecular weight excluding hydrogens is 290 g/mol. The number of piperidine rings is 1. The van der Waals surface area contributed by atoms with E-state index in [4.69, 9.17) is 9.47 Å². The van der Waals surface area contributed by atoms with E-state index in [1.165, 1.54) is 11.1 Å². The van der Waals surface area contributed by atoms with Crippen LogP contribution in [-0.4, -0.2) is 36.3 Å². The Morgan fingerprint density at radius 3 is 2.61 bits per heavy atom. The summed E-state index contributed by atoms with van der Waals surface area (Å²) in [7, 11) is 1.67. The van der Waals surface area contributed by atoms with Gasteiger partial charge in [-0.1, -0.05) is 30.3 Å². The molecule has 1 aromatic rings. The Hall–Kier alpha value is -1.97. The van der Waals surface area contributed by atoms with E-state index in [0.717, 1.165) is 19.3 Å². The zero-order valence-electron chi connectivity index (χ0n) is 14.5. The number of methoxy groups -OCH3 is 1. The molecule has 1 atom stereocenters. The van der Waals surface area contributed by atoms with E-state index in [-0.39, 0.29) is 12.1 Å². The molecule has 1 unspecified atom stereocenters. The largest absolute Gasteiger partial charge is 0.504 e. The van der Waals surface area contributed by atoms with Crippen LogP contribution < -0.4 is 0 Å². The maximum Gasteiger partial charge on any atom is 0.410 e. The van der Waals surface area contributed by atoms with Crippen molar-refractivity contribution in [2.24, 2.45) is 0 Å². The van der Waals surface area contributed by atoms with Gasteiger partial charge in [0.1, 0.15) is 5.60 Å². The summed E-state index contributed by atoms with van der Waals surface area (Å²) in [6.45, 7) is 6.37. The van der Waals surface area contributed by atoms with Gasteiger partial charge in [0.25, 0.3) is 0 Å². The molecule has 1 heterocycles. The Balaban J connectivity index is 2.14. The molecule has 1 saturated heterocycles. The van der Waals surface area contributed by atoms with Crippen molar-refractivity contribution in [2.75, 3.05) is 13.7 Å². The Morgan fingerprint density at radius 1 is 1.30 bits per heavy atom. The van der Waals surface area contributed by atoms with Crippen LogP contribution in [0.5, 0.6) is 0 Å². The first-order valence-electron chi connectivity index (χ1n) is 8.13. The number of benzene rings is 1. The quantitative estimate of drug-likeness (QED) is 0.786. The molecular formula is C19H27NO3. The second-order valence-corrected chi connectivity index (χ2v) is 6.98. The van der Waals surface area contributed by atoms with E-state index in [0.29, 0.717) is 6.54 Å². The summed E-state index contributed by atoms with van der Waals surface area (Å²) in [6, 6.07) is 10.4. The molecule has 0 radical (unpaired) electrons. The lowest BCUT2D eigenvalue weighted by atomic mass is 9.93. The maximum absolute atomic E-state index is 12.5. The maximum atomic E-state index is 12.5. The fourth-order valence-corrected chi connectivity index (χ4v) is 2.86. The smallest absolute Gasteiger partial charge is 0.410 e. The number of carbonyl (C=O) groups excluding carboxylic acids is 1. The summed E-state index contributed by atoms with van der Waals surface area (Å²) in [5.74, 6) is 0. The van der Waals surface area contributed by atoms with Gasteiger partial charge in [0.05, 0.1) is 13.4 Å². The lowest BCUT2D eigenvalue weighted by Gasteiger charge is -2.37. The standard InChI is InChI=1S/C19H27NO3/c1-19(2,3)23-18(21)20-11-10-16(14-22-4)13-17(20)12-15-8-6-5-7-9-15/h5-9,14,17H,10-13H2,1-4H3. The van der Waals surface area contributed by atoms with E-state index in [2.05, 4.69) is 12.1 Å². The second-order valence-electron chi connectivity index (χ2n) is 6.98. The average Bonchev–Trinajstić information content (AvgIpc) is 2.47. The van der Waals surface area contributed by atoms with Gasteiger partial charge >= 0.3 is 6.09 Å². The molecule has 4 nitrogen and oxygen atoms in total. The van der Waals surface area contributed by atoms with Crippen molar-refractivity contribution in [3.05, 3.63) is 47.7 Å². The van der Waals surface area contributed by atoms with Crippen molar-refractivity contribution >= 4 is 6.09 Å². The molecule has 1 aliphatic heterocycles. The summed E-state index contributed by atoms with van der Waals surface area (Å²) in [5, 5.41) is 0. The van der Waals surface area contributed by atoms with Crippen LogP contribution in [0.15, 0.2) is 42.2 Å². The van der Waals surface area contributed by atoms with Crippen LogP contribution in [-0.2, 0) is 15.9 Å². The van der Waals surface area contributed by atoms with Gasteiger partial charge in [-0.3, -0.25) is 0 Å². The third-order valence-electron chi connectivity index (χ3n) is 3.84. The molecule has 0 N–H and O–H groups in total. The molecule has 126 valence electrons. The van der Waals surface area contributed by atoms with Crippen LogP contribution in [0.25, 0.3) is 0 Å². The van der Waals surface area contributed by atoms with E-state index >= 15 is 0 Å². The summed E-state index contributed by atoms with van der Waals surface area (Å²) >= 11 is 0. The van der Waals surface area contributed by atoms with Crippen molar-refractivity contribution in [2.45, 2.75) is 51.7 Å². The molecule has 23 heavy (non-hydrogen) atoms. The van der Waals surface area contributed by atoms with Crippen LogP contribution in [0.2, 0.25) is 0 Å². The van der Waals surface area contributed by atoms with Gasteiger partial charge in [0, 0.05) is 12.6 Å². The van der Waals surface area contributed by atoms with Gasteiger partial charge in [0.15, 0.2) is 0 Å². The first-order chi connectivity index (χ1) is 10.9. The monoisotopic (exact) mass is 317 g/mol. The summed E-state index contributed by atoms with van der Waals surface area (Å²) in [5.41, 5.74) is 2.00. The van der Waals surface area contributed by atoms with E-state index in [1.54, 1.807) is 7.11 Å². The van der Waals surface area contributed by atoms with Gasteiger partial charge in [-0.25, -0.2) is 4.79 Å². The number of ether oxygens (including phenoxy) is 2. The third kappa shape index (κ3) is 5.31. The Bertz CT molecular complexity index is 545. The molecule has 0 bridgehead atoms. The highest BCUT2D eigenvalue weighted by molar-refractivity contribution is 5.69. The average molecular weight is 317 g/mol. The van der Waals surface area contributed by atoms with Crippen LogP contribution in [0.1, 0.15) is 39.2 Å². The highest BCUT2D eigenvalue weighted by Crippen LogP contribution is 2.26. The van der Waals surface area contributed by atoms with Crippen molar-refractivity contribution in [3.8, 4) is 0 Å². The number of likely N-dealkylation sites (tertiary alicyclic amines) is 1. The second kappa shape index (κ2) is 7.53. The van der Waals surface area contributed by atoms with E-state index < -0.39 is 5.60 Å². The molecule has 0 aliphatic carbocycles.